The highest BCUT2D eigenvalue weighted by Crippen LogP contribution is 2.35. The molecule has 0 aromatic carbocycles. The standard InChI is InChI=1S/C19H36N4.HI/c1-2-20-19(21-11-5-6-12-22-13-7-8-14-22)23-15-17-9-3-4-10-18(17)16-23;/h17-18H,2-16H2,1H3,(H,20,21);1H. The largest absolute Gasteiger partial charge is 0.357 e. The van der Waals surface area contributed by atoms with Crippen molar-refractivity contribution >= 4 is 29.9 Å². The normalized spacial score (nSPS) is 27.9. The number of nitrogens with one attached hydrogen (secondary N) is 1. The third kappa shape index (κ3) is 5.75. The van der Waals surface area contributed by atoms with Crippen LogP contribution in [0.1, 0.15) is 58.3 Å². The summed E-state index contributed by atoms with van der Waals surface area (Å²) < 4.78 is 0. The van der Waals surface area contributed by atoms with Gasteiger partial charge in [0.15, 0.2) is 5.96 Å². The molecule has 1 N–H and O–H groups in total. The molecule has 2 aliphatic heterocycles. The number of unbranched alkanes of at least 4 members (excludes halogenated alkanes) is 1. The number of guanidine groups is 1. The molecule has 0 amide bonds. The molecule has 2 atom stereocenters. The van der Waals surface area contributed by atoms with Crippen molar-refractivity contribution in [2.45, 2.75) is 58.3 Å². The minimum Gasteiger partial charge on any atom is -0.357 e. The van der Waals surface area contributed by atoms with Gasteiger partial charge in [-0.2, -0.15) is 0 Å². The first-order chi connectivity index (χ1) is 11.4. The van der Waals surface area contributed by atoms with E-state index in [0.717, 1.165) is 24.9 Å². The second kappa shape index (κ2) is 10.8. The topological polar surface area (TPSA) is 30.9 Å². The van der Waals surface area contributed by atoms with Gasteiger partial charge >= 0.3 is 0 Å². The van der Waals surface area contributed by atoms with Crippen LogP contribution in [0.15, 0.2) is 4.99 Å². The van der Waals surface area contributed by atoms with Crippen LogP contribution in [0.3, 0.4) is 0 Å². The van der Waals surface area contributed by atoms with Crippen LogP contribution in [0.25, 0.3) is 0 Å². The van der Waals surface area contributed by atoms with E-state index in [-0.39, 0.29) is 24.0 Å². The summed E-state index contributed by atoms with van der Waals surface area (Å²) in [4.78, 5) is 10.1. The number of halogens is 1. The second-order valence-corrected chi connectivity index (χ2v) is 7.70. The van der Waals surface area contributed by atoms with Crippen molar-refractivity contribution in [2.24, 2.45) is 16.8 Å². The van der Waals surface area contributed by atoms with E-state index < -0.39 is 0 Å². The molecule has 2 heterocycles. The van der Waals surface area contributed by atoms with Crippen molar-refractivity contribution in [1.82, 2.24) is 15.1 Å². The van der Waals surface area contributed by atoms with Crippen LogP contribution in [0.4, 0.5) is 0 Å². The van der Waals surface area contributed by atoms with E-state index in [2.05, 4.69) is 22.0 Å². The van der Waals surface area contributed by atoms with Crippen LogP contribution in [0.2, 0.25) is 0 Å². The summed E-state index contributed by atoms with van der Waals surface area (Å²) in [7, 11) is 0. The molecule has 3 rings (SSSR count). The maximum atomic E-state index is 4.93. The maximum Gasteiger partial charge on any atom is 0.193 e. The lowest BCUT2D eigenvalue weighted by Crippen LogP contribution is -2.40. The molecular weight excluding hydrogens is 411 g/mol. The molecule has 1 aliphatic carbocycles. The van der Waals surface area contributed by atoms with Gasteiger partial charge in [-0.3, -0.25) is 4.99 Å². The van der Waals surface area contributed by atoms with Gasteiger partial charge < -0.3 is 15.1 Å². The van der Waals surface area contributed by atoms with Gasteiger partial charge in [0, 0.05) is 26.2 Å². The van der Waals surface area contributed by atoms with Crippen LogP contribution < -0.4 is 5.32 Å². The summed E-state index contributed by atoms with van der Waals surface area (Å²) >= 11 is 0. The SMILES string of the molecule is CCNC(=NCCCCN1CCCC1)N1CC2CCCCC2C1.I. The minimum atomic E-state index is 0. The van der Waals surface area contributed by atoms with E-state index in [1.165, 1.54) is 90.0 Å². The highest BCUT2D eigenvalue weighted by atomic mass is 127. The van der Waals surface area contributed by atoms with Crippen molar-refractivity contribution in [3.8, 4) is 0 Å². The molecule has 24 heavy (non-hydrogen) atoms. The van der Waals surface area contributed by atoms with Crippen LogP contribution in [0, 0.1) is 11.8 Å². The van der Waals surface area contributed by atoms with Crippen LogP contribution in [0.5, 0.6) is 0 Å². The van der Waals surface area contributed by atoms with Gasteiger partial charge in [-0.15, -0.1) is 24.0 Å². The Labute approximate surface area is 165 Å². The molecule has 0 aromatic rings. The Morgan fingerprint density at radius 2 is 1.67 bits per heavy atom. The lowest BCUT2D eigenvalue weighted by molar-refractivity contribution is 0.299. The third-order valence-corrected chi connectivity index (χ3v) is 5.95. The molecular formula is C19H37IN4. The summed E-state index contributed by atoms with van der Waals surface area (Å²) in [5.41, 5.74) is 0. The fourth-order valence-corrected chi connectivity index (χ4v) is 4.64. The monoisotopic (exact) mass is 448 g/mol. The van der Waals surface area contributed by atoms with E-state index in [1.54, 1.807) is 0 Å². The van der Waals surface area contributed by atoms with Crippen molar-refractivity contribution in [2.75, 3.05) is 45.8 Å². The fraction of sp³-hybridized carbons (Fsp3) is 0.947. The molecule has 0 bridgehead atoms. The smallest absolute Gasteiger partial charge is 0.193 e. The first-order valence-corrected chi connectivity index (χ1v) is 10.1. The average molecular weight is 448 g/mol. The molecule has 5 heteroatoms. The number of rotatable bonds is 6. The number of nitrogens with zero attached hydrogens (tertiary/aromatic N) is 3. The zero-order chi connectivity index (χ0) is 15.9. The van der Waals surface area contributed by atoms with Crippen LogP contribution >= 0.6 is 24.0 Å². The van der Waals surface area contributed by atoms with Gasteiger partial charge in [0.25, 0.3) is 0 Å². The number of hydrogen-bond donors (Lipinski definition) is 1. The first-order valence-electron chi connectivity index (χ1n) is 10.1. The summed E-state index contributed by atoms with van der Waals surface area (Å²) in [5.74, 6) is 3.05. The van der Waals surface area contributed by atoms with E-state index >= 15 is 0 Å². The molecule has 2 saturated heterocycles. The molecule has 2 unspecified atom stereocenters. The zero-order valence-electron chi connectivity index (χ0n) is 15.5. The summed E-state index contributed by atoms with van der Waals surface area (Å²) in [6.07, 6.45) is 11.1. The Bertz CT molecular complexity index is 368. The molecule has 0 radical (unpaired) electrons. The fourth-order valence-electron chi connectivity index (χ4n) is 4.64. The van der Waals surface area contributed by atoms with E-state index in [4.69, 9.17) is 4.99 Å². The Morgan fingerprint density at radius 1 is 1.00 bits per heavy atom. The molecule has 0 spiro atoms. The van der Waals surface area contributed by atoms with Crippen LogP contribution in [-0.4, -0.2) is 61.6 Å². The summed E-state index contributed by atoms with van der Waals surface area (Å²) in [5, 5.41) is 3.53. The van der Waals surface area contributed by atoms with Gasteiger partial charge in [-0.25, -0.2) is 0 Å². The number of aliphatic imine (C=N–C) groups is 1. The Hall–Kier alpha value is -0.0400. The number of hydrogen-bond acceptors (Lipinski definition) is 2. The van der Waals surface area contributed by atoms with Gasteiger partial charge in [-0.1, -0.05) is 12.8 Å². The lowest BCUT2D eigenvalue weighted by Gasteiger charge is -2.22. The van der Waals surface area contributed by atoms with Gasteiger partial charge in [-0.05, 0) is 76.9 Å². The average Bonchev–Trinajstić information content (AvgIpc) is 3.22. The van der Waals surface area contributed by atoms with E-state index in [1.807, 2.05) is 0 Å². The van der Waals surface area contributed by atoms with Crippen molar-refractivity contribution in [3.63, 3.8) is 0 Å². The predicted molar refractivity (Wildman–Crippen MR) is 113 cm³/mol. The predicted octanol–water partition coefficient (Wildman–Crippen LogP) is 3.57. The lowest BCUT2D eigenvalue weighted by atomic mass is 9.82. The highest BCUT2D eigenvalue weighted by Gasteiger charge is 2.35. The molecule has 1 saturated carbocycles. The first kappa shape index (κ1) is 20.3. The maximum absolute atomic E-state index is 4.93. The highest BCUT2D eigenvalue weighted by molar-refractivity contribution is 14.0. The molecule has 4 nitrogen and oxygen atoms in total. The van der Waals surface area contributed by atoms with E-state index in [9.17, 15) is 0 Å². The van der Waals surface area contributed by atoms with Crippen molar-refractivity contribution in [1.29, 1.82) is 0 Å². The quantitative estimate of drug-likeness (QED) is 0.292. The van der Waals surface area contributed by atoms with E-state index in [0.29, 0.717) is 0 Å². The zero-order valence-corrected chi connectivity index (χ0v) is 17.8. The number of fused-ring (bicyclic) bond motifs is 1. The Kier molecular flexibility index (Phi) is 9.16. The molecule has 0 aromatic heterocycles. The Morgan fingerprint density at radius 3 is 2.29 bits per heavy atom. The molecule has 3 aliphatic rings. The summed E-state index contributed by atoms with van der Waals surface area (Å²) in [6.45, 7) is 10.6. The minimum absolute atomic E-state index is 0. The molecule has 3 fully saturated rings. The van der Waals surface area contributed by atoms with Gasteiger partial charge in [0.1, 0.15) is 0 Å². The summed E-state index contributed by atoms with van der Waals surface area (Å²) in [6, 6.07) is 0. The second-order valence-electron chi connectivity index (χ2n) is 7.70. The number of likely N-dealkylation sites (tertiary alicyclic amines) is 2. The van der Waals surface area contributed by atoms with Crippen molar-refractivity contribution < 1.29 is 0 Å². The molecule has 140 valence electrons. The van der Waals surface area contributed by atoms with Gasteiger partial charge in [0.05, 0.1) is 0 Å². The Balaban J connectivity index is 0.00000208. The third-order valence-electron chi connectivity index (χ3n) is 5.95. The van der Waals surface area contributed by atoms with Gasteiger partial charge in [0.2, 0.25) is 0 Å². The van der Waals surface area contributed by atoms with Crippen molar-refractivity contribution in [3.05, 3.63) is 0 Å². The van der Waals surface area contributed by atoms with Crippen LogP contribution in [-0.2, 0) is 0 Å².